The van der Waals surface area contributed by atoms with Crippen LogP contribution >= 0.6 is 0 Å². The van der Waals surface area contributed by atoms with Gasteiger partial charge in [-0.15, -0.1) is 0 Å². The molecule has 0 fully saturated rings. The predicted octanol–water partition coefficient (Wildman–Crippen LogP) is 5.76. The summed E-state index contributed by atoms with van der Waals surface area (Å²) in [5.74, 6) is 2.00. The summed E-state index contributed by atoms with van der Waals surface area (Å²) in [6.45, 7) is 9.25. The Labute approximate surface area is 163 Å². The molecule has 0 bridgehead atoms. The van der Waals surface area contributed by atoms with Crippen molar-refractivity contribution in [2.75, 3.05) is 29.9 Å². The average Bonchev–Trinajstić information content (AvgIpc) is 3.19. The van der Waals surface area contributed by atoms with E-state index in [-0.39, 0.29) is 0 Å². The molecule has 3 atom stereocenters. The lowest BCUT2D eigenvalue weighted by Crippen LogP contribution is -2.29. The molecule has 1 heterocycles. The molecule has 0 spiro atoms. The van der Waals surface area contributed by atoms with Gasteiger partial charge in [0.1, 0.15) is 5.75 Å². The van der Waals surface area contributed by atoms with Gasteiger partial charge in [0, 0.05) is 30.4 Å². The normalized spacial score (nSPS) is 22.7. The van der Waals surface area contributed by atoms with E-state index in [9.17, 15) is 0 Å². The van der Waals surface area contributed by atoms with Gasteiger partial charge in [0.15, 0.2) is 0 Å². The summed E-state index contributed by atoms with van der Waals surface area (Å²) < 4.78 is 5.73. The summed E-state index contributed by atoms with van der Waals surface area (Å²) in [5.41, 5.74) is 5.30. The van der Waals surface area contributed by atoms with Crippen molar-refractivity contribution in [1.82, 2.24) is 0 Å². The van der Waals surface area contributed by atoms with Crippen molar-refractivity contribution in [2.24, 2.45) is 5.92 Å². The van der Waals surface area contributed by atoms with Crippen molar-refractivity contribution in [3.05, 3.63) is 65.7 Å². The van der Waals surface area contributed by atoms with Crippen LogP contribution in [0.1, 0.15) is 50.3 Å². The van der Waals surface area contributed by atoms with Crippen molar-refractivity contribution < 1.29 is 4.74 Å². The van der Waals surface area contributed by atoms with E-state index in [0.29, 0.717) is 24.5 Å². The second-order valence-corrected chi connectivity index (χ2v) is 7.42. The lowest BCUT2D eigenvalue weighted by atomic mass is 9.77. The van der Waals surface area contributed by atoms with E-state index in [1.807, 2.05) is 6.92 Å². The number of nitrogens with one attached hydrogen (secondary N) is 1. The highest BCUT2D eigenvalue weighted by molar-refractivity contribution is 5.62. The Bertz CT molecular complexity index is 808. The molecule has 0 amide bonds. The van der Waals surface area contributed by atoms with E-state index in [0.717, 1.165) is 25.3 Å². The molecule has 2 aliphatic rings. The van der Waals surface area contributed by atoms with Crippen LogP contribution in [0.5, 0.6) is 5.75 Å². The molecule has 1 N–H and O–H groups in total. The minimum absolute atomic E-state index is 0.348. The van der Waals surface area contributed by atoms with Crippen LogP contribution in [0, 0.1) is 5.92 Å². The summed E-state index contributed by atoms with van der Waals surface area (Å²) in [4.78, 5) is 2.39. The Hall–Kier alpha value is -2.42. The Balaban J connectivity index is 1.63. The van der Waals surface area contributed by atoms with Crippen LogP contribution in [0.4, 0.5) is 11.4 Å². The molecule has 0 saturated heterocycles. The average molecular weight is 363 g/mol. The monoisotopic (exact) mass is 362 g/mol. The number of rotatable bonds is 6. The number of nitrogens with zero attached hydrogens (tertiary/aromatic N) is 1. The predicted molar refractivity (Wildman–Crippen MR) is 114 cm³/mol. The van der Waals surface area contributed by atoms with Gasteiger partial charge in [-0.3, -0.25) is 0 Å². The molecular weight excluding hydrogens is 332 g/mol. The van der Waals surface area contributed by atoms with Gasteiger partial charge >= 0.3 is 0 Å². The summed E-state index contributed by atoms with van der Waals surface area (Å²) in [5, 5.41) is 3.82. The van der Waals surface area contributed by atoms with E-state index >= 15 is 0 Å². The molecule has 27 heavy (non-hydrogen) atoms. The Morgan fingerprint density at radius 2 is 1.81 bits per heavy atom. The Kier molecular flexibility index (Phi) is 5.11. The number of benzene rings is 2. The van der Waals surface area contributed by atoms with E-state index in [4.69, 9.17) is 4.74 Å². The first-order chi connectivity index (χ1) is 13.2. The van der Waals surface area contributed by atoms with E-state index < -0.39 is 0 Å². The maximum Gasteiger partial charge on any atom is 0.119 e. The van der Waals surface area contributed by atoms with E-state index in [1.165, 1.54) is 22.5 Å². The summed E-state index contributed by atoms with van der Waals surface area (Å²) in [7, 11) is 0. The second kappa shape index (κ2) is 7.67. The zero-order chi connectivity index (χ0) is 18.8. The largest absolute Gasteiger partial charge is 0.494 e. The van der Waals surface area contributed by atoms with E-state index in [1.54, 1.807) is 0 Å². The van der Waals surface area contributed by atoms with Gasteiger partial charge in [-0.2, -0.15) is 0 Å². The standard InChI is InChI=1S/C24H30N2O/c1-4-26(5-2)18-12-10-17(11-13-18)24-21-9-7-8-20(21)22-16-19(27-6-3)14-15-23(22)25-24/h7-8,10-16,20-21,24-25H,4-6,9H2,1-3H3. The van der Waals surface area contributed by atoms with Crippen LogP contribution in [0.2, 0.25) is 0 Å². The third-order valence-electron chi connectivity index (χ3n) is 6.03. The molecule has 0 saturated carbocycles. The quantitative estimate of drug-likeness (QED) is 0.661. The molecule has 1 aliphatic heterocycles. The number of fused-ring (bicyclic) bond motifs is 3. The van der Waals surface area contributed by atoms with Crippen LogP contribution < -0.4 is 15.0 Å². The molecule has 2 aromatic carbocycles. The number of allylic oxidation sites excluding steroid dienone is 2. The Morgan fingerprint density at radius 3 is 2.52 bits per heavy atom. The highest BCUT2D eigenvalue weighted by atomic mass is 16.5. The van der Waals surface area contributed by atoms with Crippen molar-refractivity contribution in [1.29, 1.82) is 0 Å². The molecule has 0 radical (unpaired) electrons. The van der Waals surface area contributed by atoms with Gasteiger partial charge in [0.2, 0.25) is 0 Å². The summed E-state index contributed by atoms with van der Waals surface area (Å²) in [6.07, 6.45) is 5.85. The topological polar surface area (TPSA) is 24.5 Å². The van der Waals surface area contributed by atoms with E-state index in [2.05, 4.69) is 78.7 Å². The molecule has 142 valence electrons. The van der Waals surface area contributed by atoms with Gasteiger partial charge in [-0.25, -0.2) is 0 Å². The van der Waals surface area contributed by atoms with Crippen molar-refractivity contribution in [3.8, 4) is 5.75 Å². The second-order valence-electron chi connectivity index (χ2n) is 7.42. The number of ether oxygens (including phenoxy) is 1. The Morgan fingerprint density at radius 1 is 1.04 bits per heavy atom. The fourth-order valence-corrected chi connectivity index (χ4v) is 4.64. The highest BCUT2D eigenvalue weighted by Crippen LogP contribution is 2.50. The molecule has 3 heteroatoms. The van der Waals surface area contributed by atoms with Crippen molar-refractivity contribution in [3.63, 3.8) is 0 Å². The van der Waals surface area contributed by atoms with Gasteiger partial charge in [-0.1, -0.05) is 24.3 Å². The molecule has 1 aliphatic carbocycles. The SMILES string of the molecule is CCOc1ccc2c(c1)C1C=CCC1C(c1ccc(N(CC)CC)cc1)N2. The van der Waals surface area contributed by atoms with Gasteiger partial charge in [0.05, 0.1) is 12.6 Å². The number of hydrogen-bond donors (Lipinski definition) is 1. The van der Waals surface area contributed by atoms with Crippen LogP contribution in [0.25, 0.3) is 0 Å². The van der Waals surface area contributed by atoms with Gasteiger partial charge < -0.3 is 15.0 Å². The summed E-state index contributed by atoms with van der Waals surface area (Å²) >= 11 is 0. The van der Waals surface area contributed by atoms with Crippen LogP contribution in [-0.4, -0.2) is 19.7 Å². The lowest BCUT2D eigenvalue weighted by Gasteiger charge is -2.38. The van der Waals surface area contributed by atoms with Gasteiger partial charge in [-0.05, 0) is 74.6 Å². The maximum absolute atomic E-state index is 5.73. The third kappa shape index (κ3) is 3.31. The number of hydrogen-bond acceptors (Lipinski definition) is 3. The first-order valence-corrected chi connectivity index (χ1v) is 10.3. The first kappa shape index (κ1) is 18.0. The molecule has 2 aromatic rings. The first-order valence-electron chi connectivity index (χ1n) is 10.3. The van der Waals surface area contributed by atoms with Gasteiger partial charge in [0.25, 0.3) is 0 Å². The summed E-state index contributed by atoms with van der Waals surface area (Å²) in [6, 6.07) is 16.0. The molecule has 3 nitrogen and oxygen atoms in total. The third-order valence-corrected chi connectivity index (χ3v) is 6.03. The van der Waals surface area contributed by atoms with Crippen LogP contribution in [0.15, 0.2) is 54.6 Å². The maximum atomic E-state index is 5.73. The zero-order valence-corrected chi connectivity index (χ0v) is 16.6. The molecule has 3 unspecified atom stereocenters. The molecule has 0 aromatic heterocycles. The minimum atomic E-state index is 0.348. The highest BCUT2D eigenvalue weighted by Gasteiger charge is 2.38. The fourth-order valence-electron chi connectivity index (χ4n) is 4.64. The van der Waals surface area contributed by atoms with Crippen molar-refractivity contribution in [2.45, 2.75) is 39.2 Å². The lowest BCUT2D eigenvalue weighted by molar-refractivity contribution is 0.338. The minimum Gasteiger partial charge on any atom is -0.494 e. The number of anilines is 2. The fraction of sp³-hybridized carbons (Fsp3) is 0.417. The smallest absolute Gasteiger partial charge is 0.119 e. The van der Waals surface area contributed by atoms with Crippen LogP contribution in [0.3, 0.4) is 0 Å². The molecule has 4 rings (SSSR count). The molecular formula is C24H30N2O. The zero-order valence-electron chi connectivity index (χ0n) is 16.6. The van der Waals surface area contributed by atoms with Crippen molar-refractivity contribution >= 4 is 11.4 Å². The van der Waals surface area contributed by atoms with Crippen LogP contribution in [-0.2, 0) is 0 Å².